The third-order valence-electron chi connectivity index (χ3n) is 4.95. The Kier molecular flexibility index (Phi) is 6.13. The molecule has 8 heteroatoms. The minimum atomic E-state index is -1.28. The average molecular weight is 437 g/mol. The van der Waals surface area contributed by atoms with Gasteiger partial charge in [-0.05, 0) is 30.7 Å². The van der Waals surface area contributed by atoms with Crippen LogP contribution in [-0.4, -0.2) is 43.2 Å². The van der Waals surface area contributed by atoms with Crippen LogP contribution in [0.2, 0.25) is 5.02 Å². The first-order valence-electron chi connectivity index (χ1n) is 9.90. The second-order valence-electron chi connectivity index (χ2n) is 7.09. The zero-order valence-corrected chi connectivity index (χ0v) is 17.7. The molecule has 2 aromatic rings. The van der Waals surface area contributed by atoms with Gasteiger partial charge in [0.15, 0.2) is 0 Å². The molecule has 0 aromatic heterocycles. The Labute approximate surface area is 185 Å². The summed E-state index contributed by atoms with van der Waals surface area (Å²) < 4.78 is 5.49. The summed E-state index contributed by atoms with van der Waals surface area (Å²) >= 11 is 6.23. The van der Waals surface area contributed by atoms with Crippen molar-refractivity contribution in [2.75, 3.05) is 18.5 Å². The molecular formula is C23H21ClN4O3. The lowest BCUT2D eigenvalue weighted by Gasteiger charge is -2.20. The van der Waals surface area contributed by atoms with Crippen molar-refractivity contribution in [1.29, 1.82) is 0 Å². The van der Waals surface area contributed by atoms with Gasteiger partial charge in [0.25, 0.3) is 12.1 Å². The van der Waals surface area contributed by atoms with Crippen LogP contribution in [0.1, 0.15) is 24.0 Å². The SMILES string of the molecule is CN1C(=O)C(OC(=O)CCCN=C2C=CN2)N=C(c2ccccc2)c2cc(Cl)ccc21. The van der Waals surface area contributed by atoms with Crippen molar-refractivity contribution in [1.82, 2.24) is 5.32 Å². The number of amidine groups is 1. The van der Waals surface area contributed by atoms with Crippen LogP contribution in [0.15, 0.2) is 70.8 Å². The van der Waals surface area contributed by atoms with Crippen molar-refractivity contribution in [3.63, 3.8) is 0 Å². The first kappa shape index (κ1) is 20.8. The summed E-state index contributed by atoms with van der Waals surface area (Å²) in [6.07, 6.45) is 3.01. The Morgan fingerprint density at radius 2 is 2.03 bits per heavy atom. The lowest BCUT2D eigenvalue weighted by atomic mass is 10.0. The fourth-order valence-corrected chi connectivity index (χ4v) is 3.45. The summed E-state index contributed by atoms with van der Waals surface area (Å²) in [5.41, 5.74) is 2.69. The second-order valence-corrected chi connectivity index (χ2v) is 7.53. The van der Waals surface area contributed by atoms with Gasteiger partial charge in [-0.25, -0.2) is 4.99 Å². The van der Waals surface area contributed by atoms with Gasteiger partial charge >= 0.3 is 5.97 Å². The van der Waals surface area contributed by atoms with Crippen molar-refractivity contribution in [3.8, 4) is 0 Å². The highest BCUT2D eigenvalue weighted by Gasteiger charge is 2.32. The summed E-state index contributed by atoms with van der Waals surface area (Å²) in [6.45, 7) is 0.489. The molecule has 1 unspecified atom stereocenters. The number of amides is 1. The number of nitrogens with zero attached hydrogens (tertiary/aromatic N) is 3. The fraction of sp³-hybridized carbons (Fsp3) is 0.217. The highest BCUT2D eigenvalue weighted by molar-refractivity contribution is 6.32. The number of nitrogens with one attached hydrogen (secondary N) is 1. The number of anilines is 1. The smallest absolute Gasteiger partial charge is 0.308 e. The molecule has 0 saturated heterocycles. The molecule has 0 spiro atoms. The highest BCUT2D eigenvalue weighted by atomic mass is 35.5. The van der Waals surface area contributed by atoms with E-state index in [2.05, 4.69) is 15.3 Å². The van der Waals surface area contributed by atoms with Crippen molar-refractivity contribution >= 4 is 40.7 Å². The van der Waals surface area contributed by atoms with E-state index in [1.807, 2.05) is 36.4 Å². The van der Waals surface area contributed by atoms with Crippen molar-refractivity contribution in [3.05, 3.63) is 77.0 Å². The molecular weight excluding hydrogens is 416 g/mol. The topological polar surface area (TPSA) is 83.4 Å². The van der Waals surface area contributed by atoms with Crippen LogP contribution in [0.25, 0.3) is 0 Å². The first-order chi connectivity index (χ1) is 15.0. The summed E-state index contributed by atoms with van der Waals surface area (Å²) in [6, 6.07) is 14.7. The molecule has 2 aliphatic heterocycles. The lowest BCUT2D eigenvalue weighted by Crippen LogP contribution is -2.37. The molecule has 2 heterocycles. The number of hydrogen-bond donors (Lipinski definition) is 1. The Hall–Kier alpha value is -3.45. The number of carbonyl (C=O) groups is 2. The van der Waals surface area contributed by atoms with Gasteiger partial charge in [-0.15, -0.1) is 0 Å². The summed E-state index contributed by atoms with van der Waals surface area (Å²) in [4.78, 5) is 35.7. The van der Waals surface area contributed by atoms with E-state index in [1.165, 1.54) is 4.90 Å². The molecule has 0 fully saturated rings. The van der Waals surface area contributed by atoms with E-state index in [-0.39, 0.29) is 6.42 Å². The van der Waals surface area contributed by atoms with Crippen molar-refractivity contribution in [2.24, 2.45) is 9.98 Å². The number of rotatable bonds is 6. The van der Waals surface area contributed by atoms with Crippen LogP contribution in [0, 0.1) is 0 Å². The Balaban J connectivity index is 1.58. The molecule has 0 radical (unpaired) electrons. The third-order valence-corrected chi connectivity index (χ3v) is 5.18. The van der Waals surface area contributed by atoms with Crippen LogP contribution in [0.3, 0.4) is 0 Å². The predicted octanol–water partition coefficient (Wildman–Crippen LogP) is 3.32. The number of fused-ring (bicyclic) bond motifs is 1. The number of hydrogen-bond acceptors (Lipinski definition) is 5. The van der Waals surface area contributed by atoms with Crippen LogP contribution >= 0.6 is 11.6 Å². The van der Waals surface area contributed by atoms with E-state index in [4.69, 9.17) is 16.3 Å². The largest absolute Gasteiger partial charge is 0.430 e. The number of benzodiazepines with no additional fused rings is 1. The van der Waals surface area contributed by atoms with E-state index < -0.39 is 18.1 Å². The Morgan fingerprint density at radius 1 is 1.26 bits per heavy atom. The van der Waals surface area contributed by atoms with E-state index >= 15 is 0 Å². The molecule has 31 heavy (non-hydrogen) atoms. The monoisotopic (exact) mass is 436 g/mol. The number of benzene rings is 2. The number of likely N-dealkylation sites (N-methyl/N-ethyl adjacent to an activating group) is 1. The van der Waals surface area contributed by atoms with Crippen LogP contribution in [-0.2, 0) is 14.3 Å². The van der Waals surface area contributed by atoms with Crippen LogP contribution in [0.5, 0.6) is 0 Å². The molecule has 1 N–H and O–H groups in total. The maximum absolute atomic E-state index is 13.0. The van der Waals surface area contributed by atoms with Gasteiger partial charge in [0.1, 0.15) is 5.84 Å². The third kappa shape index (κ3) is 4.67. The molecule has 0 bridgehead atoms. The zero-order chi connectivity index (χ0) is 21.8. The normalized spacial score (nSPS) is 18.6. The van der Waals surface area contributed by atoms with Gasteiger partial charge in [0.05, 0.1) is 11.4 Å². The standard InChI is InChI=1S/C23H21ClN4O3/c1-28-18-10-9-16(24)14-17(18)21(15-6-3-2-4-7-15)27-22(23(28)30)31-20(29)8-5-12-25-19-11-13-26-19/h2-4,6-7,9-11,13-14,22H,5,8,12H2,1H3,(H,25,26). The minimum Gasteiger partial charge on any atom is -0.430 e. The molecule has 0 aliphatic carbocycles. The average Bonchev–Trinajstić information content (AvgIpc) is 2.83. The van der Waals surface area contributed by atoms with Gasteiger partial charge in [0, 0.05) is 42.4 Å². The fourth-order valence-electron chi connectivity index (χ4n) is 3.28. The molecule has 2 aliphatic rings. The lowest BCUT2D eigenvalue weighted by molar-refractivity contribution is -0.154. The van der Waals surface area contributed by atoms with E-state index in [9.17, 15) is 9.59 Å². The summed E-state index contributed by atoms with van der Waals surface area (Å²) in [5.74, 6) is -0.126. The van der Waals surface area contributed by atoms with Crippen LogP contribution in [0.4, 0.5) is 5.69 Å². The molecule has 4 rings (SSSR count). The highest BCUT2D eigenvalue weighted by Crippen LogP contribution is 2.30. The quantitative estimate of drug-likeness (QED) is 0.556. The van der Waals surface area contributed by atoms with Crippen LogP contribution < -0.4 is 10.2 Å². The predicted molar refractivity (Wildman–Crippen MR) is 121 cm³/mol. The number of carbonyl (C=O) groups excluding carboxylic acids is 2. The van der Waals surface area contributed by atoms with Gasteiger partial charge in [-0.3, -0.25) is 14.6 Å². The molecule has 158 valence electrons. The molecule has 2 aromatic carbocycles. The van der Waals surface area contributed by atoms with Gasteiger partial charge in [-0.2, -0.15) is 0 Å². The van der Waals surface area contributed by atoms with Gasteiger partial charge in [0.2, 0.25) is 0 Å². The van der Waals surface area contributed by atoms with Gasteiger partial charge in [-0.1, -0.05) is 41.9 Å². The maximum Gasteiger partial charge on any atom is 0.308 e. The molecule has 1 atom stereocenters. The van der Waals surface area contributed by atoms with E-state index in [0.717, 1.165) is 11.4 Å². The van der Waals surface area contributed by atoms with E-state index in [0.29, 0.717) is 35.0 Å². The minimum absolute atomic E-state index is 0.142. The van der Waals surface area contributed by atoms with Gasteiger partial charge < -0.3 is 15.0 Å². The van der Waals surface area contributed by atoms with Crippen molar-refractivity contribution in [2.45, 2.75) is 19.1 Å². The van der Waals surface area contributed by atoms with E-state index in [1.54, 1.807) is 31.4 Å². The second kappa shape index (κ2) is 9.14. The summed E-state index contributed by atoms with van der Waals surface area (Å²) in [5, 5.41) is 3.45. The Morgan fingerprint density at radius 3 is 2.74 bits per heavy atom. The number of halogens is 1. The number of aliphatic imine (C=N–C) groups is 2. The molecule has 0 saturated carbocycles. The summed E-state index contributed by atoms with van der Waals surface area (Å²) in [7, 11) is 1.63. The first-order valence-corrected chi connectivity index (χ1v) is 10.3. The zero-order valence-electron chi connectivity index (χ0n) is 16.9. The molecule has 7 nitrogen and oxygen atoms in total. The Bertz CT molecular complexity index is 1100. The number of esters is 1. The van der Waals surface area contributed by atoms with Crippen molar-refractivity contribution < 1.29 is 14.3 Å². The number of ether oxygens (including phenoxy) is 1. The molecule has 1 amide bonds. The maximum atomic E-state index is 13.0.